The zero-order valence-electron chi connectivity index (χ0n) is 20.1. The molecule has 0 aliphatic carbocycles. The number of carbonyl (C=O) groups is 3. The van der Waals surface area contributed by atoms with E-state index >= 15 is 0 Å². The topological polar surface area (TPSA) is 110 Å². The van der Waals surface area contributed by atoms with Crippen LogP contribution >= 0.6 is 54.8 Å². The van der Waals surface area contributed by atoms with Gasteiger partial charge in [0.1, 0.15) is 10.6 Å². The van der Waals surface area contributed by atoms with Crippen molar-refractivity contribution in [3.8, 4) is 5.75 Å². The third-order valence-electron chi connectivity index (χ3n) is 5.47. The molecule has 5 aromatic rings. The minimum Gasteiger partial charge on any atom is -0.459 e. The molecule has 5 rings (SSSR count). The summed E-state index contributed by atoms with van der Waals surface area (Å²) in [6, 6.07) is 20.0. The summed E-state index contributed by atoms with van der Waals surface area (Å²) in [5, 5.41) is 7.78. The Bertz CT molecular complexity index is 1770. The number of halogens is 3. The van der Waals surface area contributed by atoms with E-state index in [0.717, 1.165) is 19.0 Å². The normalized spacial score (nSPS) is 11.1. The maximum atomic E-state index is 13.0. The molecule has 200 valence electrons. The zero-order valence-corrected chi connectivity index (χ0v) is 24.9. The number of thiophene rings is 1. The van der Waals surface area contributed by atoms with E-state index in [-0.39, 0.29) is 16.4 Å². The van der Waals surface area contributed by atoms with Crippen LogP contribution in [0.15, 0.2) is 97.5 Å². The molecule has 2 N–H and O–H groups in total. The van der Waals surface area contributed by atoms with Crippen molar-refractivity contribution in [2.45, 2.75) is 0 Å². The lowest BCUT2D eigenvalue weighted by Crippen LogP contribution is -2.18. The molecular weight excluding hydrogens is 686 g/mol. The van der Waals surface area contributed by atoms with Crippen LogP contribution in [-0.2, 0) is 0 Å². The van der Waals surface area contributed by atoms with Gasteiger partial charge in [-0.15, -0.1) is 11.3 Å². The SMILES string of the molecule is O=C(N/N=C\c1cc(Br)ccc1OC(=O)c1sc2cc(Br)ccc2c1Cl)c1ccc(NC(=O)c2ccco2)cc1. The van der Waals surface area contributed by atoms with Gasteiger partial charge in [-0.2, -0.15) is 5.10 Å². The van der Waals surface area contributed by atoms with E-state index in [1.54, 1.807) is 54.6 Å². The Morgan fingerprint density at radius 2 is 1.70 bits per heavy atom. The van der Waals surface area contributed by atoms with E-state index in [0.29, 0.717) is 21.8 Å². The number of anilines is 1. The molecule has 0 radical (unpaired) electrons. The number of nitrogens with one attached hydrogen (secondary N) is 2. The number of esters is 1. The average molecular weight is 702 g/mol. The second-order valence-corrected chi connectivity index (χ2v) is 11.4. The fraction of sp³-hybridized carbons (Fsp3) is 0. The lowest BCUT2D eigenvalue weighted by atomic mass is 10.2. The van der Waals surface area contributed by atoms with Gasteiger partial charge in [-0.05, 0) is 66.7 Å². The molecule has 2 amide bonds. The van der Waals surface area contributed by atoms with Gasteiger partial charge in [0, 0.05) is 35.8 Å². The van der Waals surface area contributed by atoms with Crippen LogP contribution in [0.25, 0.3) is 10.1 Å². The van der Waals surface area contributed by atoms with Crippen LogP contribution in [0.5, 0.6) is 5.75 Å². The van der Waals surface area contributed by atoms with Gasteiger partial charge in [-0.25, -0.2) is 10.2 Å². The third-order valence-corrected chi connectivity index (χ3v) is 8.09. The molecule has 12 heteroatoms. The molecule has 0 aliphatic rings. The number of hydrazone groups is 1. The number of hydrogen-bond donors (Lipinski definition) is 2. The predicted octanol–water partition coefficient (Wildman–Crippen LogP) is 7.91. The summed E-state index contributed by atoms with van der Waals surface area (Å²) in [4.78, 5) is 37.9. The first-order valence-electron chi connectivity index (χ1n) is 11.5. The molecule has 8 nitrogen and oxygen atoms in total. The van der Waals surface area contributed by atoms with Crippen molar-refractivity contribution in [1.29, 1.82) is 0 Å². The molecular formula is C28H16Br2ClN3O5S. The van der Waals surface area contributed by atoms with Crippen molar-refractivity contribution >= 4 is 94.6 Å². The van der Waals surface area contributed by atoms with Crippen LogP contribution < -0.4 is 15.5 Å². The molecule has 0 saturated heterocycles. The van der Waals surface area contributed by atoms with Crippen LogP contribution in [0.3, 0.4) is 0 Å². The summed E-state index contributed by atoms with van der Waals surface area (Å²) in [7, 11) is 0. The summed E-state index contributed by atoms with van der Waals surface area (Å²) in [5.74, 6) is -1.08. The van der Waals surface area contributed by atoms with Crippen LogP contribution in [0.2, 0.25) is 5.02 Å². The summed E-state index contributed by atoms with van der Waals surface area (Å²) >= 11 is 14.5. The first-order valence-corrected chi connectivity index (χ1v) is 14.2. The highest BCUT2D eigenvalue weighted by Gasteiger charge is 2.20. The van der Waals surface area contributed by atoms with Gasteiger partial charge in [0.05, 0.1) is 17.5 Å². The molecule has 0 saturated carbocycles. The molecule has 0 fully saturated rings. The highest BCUT2D eigenvalue weighted by Crippen LogP contribution is 2.37. The molecule has 0 unspecified atom stereocenters. The number of furan rings is 1. The van der Waals surface area contributed by atoms with Crippen LogP contribution in [0.1, 0.15) is 36.1 Å². The molecule has 2 heterocycles. The summed E-state index contributed by atoms with van der Waals surface area (Å²) in [5.41, 5.74) is 3.70. The lowest BCUT2D eigenvalue weighted by molar-refractivity contribution is 0.0739. The highest BCUT2D eigenvalue weighted by atomic mass is 79.9. The van der Waals surface area contributed by atoms with Crippen LogP contribution in [-0.4, -0.2) is 24.0 Å². The Morgan fingerprint density at radius 3 is 2.45 bits per heavy atom. The number of rotatable bonds is 7. The smallest absolute Gasteiger partial charge is 0.355 e. The van der Waals surface area contributed by atoms with E-state index in [1.807, 2.05) is 18.2 Å². The van der Waals surface area contributed by atoms with Crippen molar-refractivity contribution < 1.29 is 23.5 Å². The van der Waals surface area contributed by atoms with E-state index in [9.17, 15) is 14.4 Å². The van der Waals surface area contributed by atoms with Crippen molar-refractivity contribution in [3.63, 3.8) is 0 Å². The van der Waals surface area contributed by atoms with Gasteiger partial charge in [0.2, 0.25) is 0 Å². The number of hydrogen-bond acceptors (Lipinski definition) is 7. The van der Waals surface area contributed by atoms with Gasteiger partial charge in [0.25, 0.3) is 11.8 Å². The first-order chi connectivity index (χ1) is 19.3. The minimum atomic E-state index is -0.609. The van der Waals surface area contributed by atoms with Crippen molar-refractivity contribution in [1.82, 2.24) is 5.43 Å². The van der Waals surface area contributed by atoms with Gasteiger partial charge in [0.15, 0.2) is 5.76 Å². The lowest BCUT2D eigenvalue weighted by Gasteiger charge is -2.08. The zero-order chi connectivity index (χ0) is 28.2. The largest absolute Gasteiger partial charge is 0.459 e. The molecule has 0 bridgehead atoms. The highest BCUT2D eigenvalue weighted by molar-refractivity contribution is 9.10. The number of benzene rings is 3. The standard InChI is InChI=1S/C28H16Br2ClN3O5S/c29-17-6-10-21(39-28(37)25-24(31)20-9-5-18(30)13-23(20)40-25)16(12-17)14-32-34-26(35)15-3-7-19(8-4-15)33-27(36)22-2-1-11-38-22/h1-14H,(H,33,36)(H,34,35)/b32-14-. The summed E-state index contributed by atoms with van der Waals surface area (Å²) in [6.45, 7) is 0. The fourth-order valence-corrected chi connectivity index (χ4v) is 5.88. The monoisotopic (exact) mass is 699 g/mol. The quantitative estimate of drug-likeness (QED) is 0.0776. The predicted molar refractivity (Wildman–Crippen MR) is 162 cm³/mol. The van der Waals surface area contributed by atoms with Crippen molar-refractivity contribution in [3.05, 3.63) is 115 Å². The molecule has 2 aromatic heterocycles. The Balaban J connectivity index is 1.25. The molecule has 40 heavy (non-hydrogen) atoms. The number of ether oxygens (including phenoxy) is 1. The molecule has 0 aliphatic heterocycles. The van der Waals surface area contributed by atoms with E-state index in [1.165, 1.54) is 23.8 Å². The first kappa shape index (κ1) is 27.8. The summed E-state index contributed by atoms with van der Waals surface area (Å²) < 4.78 is 13.2. The van der Waals surface area contributed by atoms with Crippen LogP contribution in [0, 0.1) is 0 Å². The van der Waals surface area contributed by atoms with Crippen molar-refractivity contribution in [2.24, 2.45) is 5.10 Å². The maximum absolute atomic E-state index is 13.0. The Hall–Kier alpha value is -3.77. The van der Waals surface area contributed by atoms with E-state index in [4.69, 9.17) is 20.8 Å². The van der Waals surface area contributed by atoms with Crippen LogP contribution in [0.4, 0.5) is 5.69 Å². The number of carbonyl (C=O) groups excluding carboxylic acids is 3. The Labute approximate surface area is 253 Å². The fourth-order valence-electron chi connectivity index (χ4n) is 3.56. The molecule has 0 atom stereocenters. The number of amides is 2. The van der Waals surface area contributed by atoms with Gasteiger partial charge in [-0.3, -0.25) is 9.59 Å². The number of nitrogens with zero attached hydrogens (tertiary/aromatic N) is 1. The van der Waals surface area contributed by atoms with E-state index in [2.05, 4.69) is 47.7 Å². The van der Waals surface area contributed by atoms with Gasteiger partial charge in [-0.1, -0.05) is 49.5 Å². The third kappa shape index (κ3) is 6.34. The van der Waals surface area contributed by atoms with Gasteiger partial charge < -0.3 is 14.5 Å². The summed E-state index contributed by atoms with van der Waals surface area (Å²) in [6.07, 6.45) is 2.77. The maximum Gasteiger partial charge on any atom is 0.355 e. The van der Waals surface area contributed by atoms with E-state index < -0.39 is 17.8 Å². The second-order valence-electron chi connectivity index (χ2n) is 8.17. The average Bonchev–Trinajstić information content (AvgIpc) is 3.59. The van der Waals surface area contributed by atoms with Crippen molar-refractivity contribution in [2.75, 3.05) is 5.32 Å². The molecule has 3 aromatic carbocycles. The Kier molecular flexibility index (Phi) is 8.46. The minimum absolute atomic E-state index is 0.175. The second kappa shape index (κ2) is 12.2. The molecule has 0 spiro atoms. The Morgan fingerprint density at radius 1 is 0.950 bits per heavy atom. The van der Waals surface area contributed by atoms with Gasteiger partial charge >= 0.3 is 5.97 Å². The number of fused-ring (bicyclic) bond motifs is 1.